The largest absolute Gasteiger partial charge is 0.485 e. The molecule has 4 rings (SSSR count). The van der Waals surface area contributed by atoms with E-state index in [1.807, 2.05) is 45.9 Å². The number of furan rings is 1. The number of amides is 2. The standard InChI is InChI=1S/C28H30N2O6/c1-5-18(3)29-28(33)26-12-10-21(36-26)14-30-22-13-20(9-11-25(22)35-16-27(30)32)23(31)15-34-24-8-6-7-17(2)19(24)4/h6-13,18H,5,14-16H2,1-4H3,(H,29,33). The summed E-state index contributed by atoms with van der Waals surface area (Å²) < 4.78 is 17.0. The average molecular weight is 491 g/mol. The number of hydrogen-bond acceptors (Lipinski definition) is 6. The molecule has 2 heterocycles. The van der Waals surface area contributed by atoms with Crippen molar-refractivity contribution in [1.29, 1.82) is 0 Å². The van der Waals surface area contributed by atoms with Crippen LogP contribution in [0, 0.1) is 13.8 Å². The summed E-state index contributed by atoms with van der Waals surface area (Å²) in [6.07, 6.45) is 0.801. The number of Topliss-reactive ketones (excluding diaryl/α,β-unsaturated/α-hetero) is 1. The number of benzene rings is 2. The molecule has 1 atom stereocenters. The van der Waals surface area contributed by atoms with Crippen LogP contribution in [-0.2, 0) is 11.3 Å². The number of nitrogens with one attached hydrogen (secondary N) is 1. The minimum absolute atomic E-state index is 0.0218. The predicted molar refractivity (Wildman–Crippen MR) is 135 cm³/mol. The molecule has 8 nitrogen and oxygen atoms in total. The van der Waals surface area contributed by atoms with E-state index in [9.17, 15) is 14.4 Å². The summed E-state index contributed by atoms with van der Waals surface area (Å²) in [7, 11) is 0. The van der Waals surface area contributed by atoms with Gasteiger partial charge in [0.05, 0.1) is 12.2 Å². The minimum atomic E-state index is -0.305. The van der Waals surface area contributed by atoms with Gasteiger partial charge < -0.3 is 19.2 Å². The van der Waals surface area contributed by atoms with Gasteiger partial charge >= 0.3 is 0 Å². The number of ether oxygens (including phenoxy) is 2. The number of ketones is 1. The fraction of sp³-hybridized carbons (Fsp3) is 0.321. The fourth-order valence-corrected chi connectivity index (χ4v) is 3.79. The van der Waals surface area contributed by atoms with E-state index in [1.165, 1.54) is 4.90 Å². The average Bonchev–Trinajstić information content (AvgIpc) is 3.35. The van der Waals surface area contributed by atoms with E-state index in [2.05, 4.69) is 5.32 Å². The van der Waals surface area contributed by atoms with Crippen LogP contribution in [0.1, 0.15) is 58.1 Å². The number of carbonyl (C=O) groups is 3. The summed E-state index contributed by atoms with van der Waals surface area (Å²) in [6, 6.07) is 13.9. The molecule has 1 unspecified atom stereocenters. The van der Waals surface area contributed by atoms with Crippen molar-refractivity contribution in [3.8, 4) is 11.5 Å². The van der Waals surface area contributed by atoms with Gasteiger partial charge in [0.25, 0.3) is 11.8 Å². The SMILES string of the molecule is CCC(C)NC(=O)c1ccc(CN2C(=O)COc3ccc(C(=O)COc4cccc(C)c4C)cc32)o1. The molecule has 1 aliphatic rings. The molecular weight excluding hydrogens is 460 g/mol. The number of anilines is 1. The predicted octanol–water partition coefficient (Wildman–Crippen LogP) is 4.61. The van der Waals surface area contributed by atoms with E-state index in [4.69, 9.17) is 13.9 Å². The molecular formula is C28H30N2O6. The molecule has 0 spiro atoms. The Morgan fingerprint density at radius 2 is 1.94 bits per heavy atom. The van der Waals surface area contributed by atoms with Crippen molar-refractivity contribution in [2.75, 3.05) is 18.1 Å². The third-order valence-electron chi connectivity index (χ3n) is 6.33. The second kappa shape index (κ2) is 10.7. The number of rotatable bonds is 9. The molecule has 1 aromatic heterocycles. The van der Waals surface area contributed by atoms with Crippen LogP contribution in [0.15, 0.2) is 52.9 Å². The lowest BCUT2D eigenvalue weighted by atomic mass is 10.1. The molecule has 2 amide bonds. The molecule has 1 N–H and O–H groups in total. The molecule has 0 saturated heterocycles. The second-order valence-electron chi connectivity index (χ2n) is 8.91. The number of aryl methyl sites for hydroxylation is 1. The normalized spacial score (nSPS) is 13.6. The highest BCUT2D eigenvalue weighted by Crippen LogP contribution is 2.34. The summed E-state index contributed by atoms with van der Waals surface area (Å²) in [5.41, 5.74) is 2.93. The Morgan fingerprint density at radius 1 is 1.14 bits per heavy atom. The lowest BCUT2D eigenvalue weighted by molar-refractivity contribution is -0.121. The van der Waals surface area contributed by atoms with E-state index < -0.39 is 0 Å². The Bertz CT molecular complexity index is 1290. The zero-order valence-electron chi connectivity index (χ0n) is 20.9. The van der Waals surface area contributed by atoms with E-state index in [-0.39, 0.29) is 49.2 Å². The summed E-state index contributed by atoms with van der Waals surface area (Å²) in [5.74, 6) is 0.968. The number of fused-ring (bicyclic) bond motifs is 1. The van der Waals surface area contributed by atoms with Gasteiger partial charge in [0.1, 0.15) is 17.3 Å². The first-order chi connectivity index (χ1) is 17.3. The highest BCUT2D eigenvalue weighted by atomic mass is 16.5. The van der Waals surface area contributed by atoms with Crippen LogP contribution < -0.4 is 19.7 Å². The van der Waals surface area contributed by atoms with Crippen LogP contribution in [0.5, 0.6) is 11.5 Å². The van der Waals surface area contributed by atoms with Gasteiger partial charge in [-0.1, -0.05) is 19.1 Å². The lowest BCUT2D eigenvalue weighted by Crippen LogP contribution is -2.38. The van der Waals surface area contributed by atoms with E-state index >= 15 is 0 Å². The molecule has 36 heavy (non-hydrogen) atoms. The van der Waals surface area contributed by atoms with Gasteiger partial charge in [0.15, 0.2) is 24.8 Å². The van der Waals surface area contributed by atoms with Gasteiger partial charge in [0.2, 0.25) is 0 Å². The van der Waals surface area contributed by atoms with Gasteiger partial charge in [-0.05, 0) is 74.7 Å². The van der Waals surface area contributed by atoms with Crippen LogP contribution in [0.3, 0.4) is 0 Å². The van der Waals surface area contributed by atoms with Gasteiger partial charge in [-0.3, -0.25) is 19.3 Å². The van der Waals surface area contributed by atoms with E-state index in [0.29, 0.717) is 28.5 Å². The maximum absolute atomic E-state index is 12.9. The number of hydrogen-bond donors (Lipinski definition) is 1. The first-order valence-electron chi connectivity index (χ1n) is 12.0. The smallest absolute Gasteiger partial charge is 0.287 e. The monoisotopic (exact) mass is 490 g/mol. The zero-order valence-corrected chi connectivity index (χ0v) is 20.9. The molecule has 0 bridgehead atoms. The van der Waals surface area contributed by atoms with Gasteiger partial charge in [-0.15, -0.1) is 0 Å². The van der Waals surface area contributed by atoms with E-state index in [0.717, 1.165) is 17.5 Å². The molecule has 0 saturated carbocycles. The second-order valence-corrected chi connectivity index (χ2v) is 8.91. The summed E-state index contributed by atoms with van der Waals surface area (Å²) in [5, 5.41) is 2.85. The fourth-order valence-electron chi connectivity index (χ4n) is 3.79. The van der Waals surface area contributed by atoms with Crippen LogP contribution in [0.4, 0.5) is 5.69 Å². The van der Waals surface area contributed by atoms with Gasteiger partial charge in [-0.2, -0.15) is 0 Å². The third-order valence-corrected chi connectivity index (χ3v) is 6.33. The zero-order chi connectivity index (χ0) is 25.8. The molecule has 3 aromatic rings. The molecule has 1 aliphatic heterocycles. The molecule has 0 aliphatic carbocycles. The maximum Gasteiger partial charge on any atom is 0.287 e. The van der Waals surface area contributed by atoms with Gasteiger partial charge in [-0.25, -0.2) is 0 Å². The van der Waals surface area contributed by atoms with Crippen LogP contribution in [0.25, 0.3) is 0 Å². The Labute approximate surface area is 210 Å². The van der Waals surface area contributed by atoms with Crippen molar-refractivity contribution in [3.05, 3.63) is 76.7 Å². The molecule has 188 valence electrons. The van der Waals surface area contributed by atoms with Crippen LogP contribution in [-0.4, -0.2) is 36.9 Å². The summed E-state index contributed by atoms with van der Waals surface area (Å²) in [4.78, 5) is 39.5. The lowest BCUT2D eigenvalue weighted by Gasteiger charge is -2.29. The third kappa shape index (κ3) is 5.43. The Kier molecular flexibility index (Phi) is 7.43. The topological polar surface area (TPSA) is 98.1 Å². The minimum Gasteiger partial charge on any atom is -0.485 e. The first kappa shape index (κ1) is 25.0. The molecule has 0 radical (unpaired) electrons. The van der Waals surface area contributed by atoms with E-state index in [1.54, 1.807) is 30.3 Å². The molecule has 2 aromatic carbocycles. The molecule has 0 fully saturated rings. The van der Waals surface area contributed by atoms with Gasteiger partial charge in [0, 0.05) is 11.6 Å². The Hall–Kier alpha value is -4.07. The Balaban J connectivity index is 1.50. The Morgan fingerprint density at radius 3 is 2.72 bits per heavy atom. The van der Waals surface area contributed by atoms with Crippen LogP contribution >= 0.6 is 0 Å². The first-order valence-corrected chi connectivity index (χ1v) is 12.0. The van der Waals surface area contributed by atoms with Crippen molar-refractivity contribution in [2.45, 2.75) is 46.7 Å². The van der Waals surface area contributed by atoms with Crippen LogP contribution in [0.2, 0.25) is 0 Å². The number of carbonyl (C=O) groups excluding carboxylic acids is 3. The highest BCUT2D eigenvalue weighted by Gasteiger charge is 2.28. The summed E-state index contributed by atoms with van der Waals surface area (Å²) >= 11 is 0. The molecule has 8 heteroatoms. The quantitative estimate of drug-likeness (QED) is 0.440. The van der Waals surface area contributed by atoms with Crippen molar-refractivity contribution in [1.82, 2.24) is 5.32 Å². The van der Waals surface area contributed by atoms with Crippen molar-refractivity contribution >= 4 is 23.3 Å². The van der Waals surface area contributed by atoms with Crippen molar-refractivity contribution in [2.24, 2.45) is 0 Å². The summed E-state index contributed by atoms with van der Waals surface area (Å²) in [6.45, 7) is 7.67. The van der Waals surface area contributed by atoms with Crippen molar-refractivity contribution in [3.63, 3.8) is 0 Å². The van der Waals surface area contributed by atoms with Crippen molar-refractivity contribution < 1.29 is 28.3 Å². The highest BCUT2D eigenvalue weighted by molar-refractivity contribution is 6.02. The number of nitrogens with zero attached hydrogens (tertiary/aromatic N) is 1. The maximum atomic E-state index is 12.9.